The summed E-state index contributed by atoms with van der Waals surface area (Å²) in [6, 6.07) is 5.36. The lowest BCUT2D eigenvalue weighted by Crippen LogP contribution is -2.44. The first kappa shape index (κ1) is 13.0. The second-order valence-electron chi connectivity index (χ2n) is 4.34. The van der Waals surface area contributed by atoms with Crippen molar-refractivity contribution < 1.29 is 9.13 Å². The van der Waals surface area contributed by atoms with Gasteiger partial charge in [-0.3, -0.25) is 4.90 Å². The summed E-state index contributed by atoms with van der Waals surface area (Å²) in [5.41, 5.74) is 1.13. The Labute approximate surface area is 110 Å². The van der Waals surface area contributed by atoms with Crippen molar-refractivity contribution in [1.29, 1.82) is 0 Å². The summed E-state index contributed by atoms with van der Waals surface area (Å²) in [6.45, 7) is 5.56. The largest absolute Gasteiger partial charge is 0.378 e. The summed E-state index contributed by atoms with van der Waals surface area (Å²) in [6.07, 6.45) is 1.08. The zero-order chi connectivity index (χ0) is 12.3. The van der Waals surface area contributed by atoms with E-state index >= 15 is 0 Å². The molecule has 1 heterocycles. The van der Waals surface area contributed by atoms with E-state index in [1.165, 1.54) is 12.1 Å². The van der Waals surface area contributed by atoms with Crippen molar-refractivity contribution in [2.24, 2.45) is 0 Å². The minimum absolute atomic E-state index is 0.199. The number of hydrogen-bond acceptors (Lipinski definition) is 2. The second kappa shape index (κ2) is 5.94. The van der Waals surface area contributed by atoms with E-state index in [1.54, 1.807) is 0 Å². The Hall–Kier alpha value is -0.450. The van der Waals surface area contributed by atoms with Crippen molar-refractivity contribution in [2.45, 2.75) is 25.9 Å². The molecule has 1 saturated heterocycles. The molecule has 0 radical (unpaired) electrons. The number of morpholine rings is 1. The van der Waals surface area contributed by atoms with Gasteiger partial charge >= 0.3 is 0 Å². The Bertz CT molecular complexity index is 386. The van der Waals surface area contributed by atoms with E-state index in [0.717, 1.165) is 42.8 Å². The molecular formula is C13H17BrFNO. The molecule has 2 nitrogen and oxygen atoms in total. The van der Waals surface area contributed by atoms with Gasteiger partial charge in [-0.25, -0.2) is 4.39 Å². The van der Waals surface area contributed by atoms with Crippen LogP contribution in [0.5, 0.6) is 0 Å². The molecule has 1 aliphatic heterocycles. The maximum atomic E-state index is 13.0. The molecule has 0 aliphatic carbocycles. The molecule has 0 bridgehead atoms. The van der Waals surface area contributed by atoms with E-state index in [1.807, 2.05) is 6.07 Å². The van der Waals surface area contributed by atoms with Crippen LogP contribution in [0.3, 0.4) is 0 Å². The highest BCUT2D eigenvalue weighted by Gasteiger charge is 2.21. The Morgan fingerprint density at radius 1 is 1.53 bits per heavy atom. The quantitative estimate of drug-likeness (QED) is 0.850. The Balaban J connectivity index is 2.08. The van der Waals surface area contributed by atoms with Crippen LogP contribution in [0.25, 0.3) is 0 Å². The van der Waals surface area contributed by atoms with Crippen molar-refractivity contribution in [3.63, 3.8) is 0 Å². The third-order valence-corrected chi connectivity index (χ3v) is 3.95. The highest BCUT2D eigenvalue weighted by Crippen LogP contribution is 2.22. The van der Waals surface area contributed by atoms with Gasteiger partial charge in [-0.05, 0) is 24.1 Å². The normalized spacial score (nSPS) is 21.7. The second-order valence-corrected chi connectivity index (χ2v) is 5.20. The number of benzene rings is 1. The average molecular weight is 302 g/mol. The molecule has 0 aromatic heterocycles. The van der Waals surface area contributed by atoms with Gasteiger partial charge < -0.3 is 4.74 Å². The monoisotopic (exact) mass is 301 g/mol. The summed E-state index contributed by atoms with van der Waals surface area (Å²) in [4.78, 5) is 2.40. The summed E-state index contributed by atoms with van der Waals surface area (Å²) in [7, 11) is 0. The molecule has 94 valence electrons. The van der Waals surface area contributed by atoms with Crippen LogP contribution in [0.4, 0.5) is 4.39 Å². The molecule has 1 aromatic carbocycles. The van der Waals surface area contributed by atoms with Crippen LogP contribution in [0.15, 0.2) is 22.7 Å². The first-order chi connectivity index (χ1) is 8.20. The van der Waals surface area contributed by atoms with Gasteiger partial charge in [0.1, 0.15) is 5.82 Å². The smallest absolute Gasteiger partial charge is 0.124 e. The SMILES string of the molecule is CCC1COCCN1Cc1ccc(F)cc1Br. The number of halogens is 2. The van der Waals surface area contributed by atoms with Crippen LogP contribution >= 0.6 is 15.9 Å². The van der Waals surface area contributed by atoms with Crippen LogP contribution < -0.4 is 0 Å². The minimum Gasteiger partial charge on any atom is -0.378 e. The van der Waals surface area contributed by atoms with Crippen LogP contribution in [0.1, 0.15) is 18.9 Å². The van der Waals surface area contributed by atoms with Crippen molar-refractivity contribution in [1.82, 2.24) is 4.90 Å². The highest BCUT2D eigenvalue weighted by atomic mass is 79.9. The van der Waals surface area contributed by atoms with E-state index in [4.69, 9.17) is 4.74 Å². The standard InChI is InChI=1S/C13H17BrFNO/c1-2-12-9-17-6-5-16(12)8-10-3-4-11(15)7-13(10)14/h3-4,7,12H,2,5-6,8-9H2,1H3. The highest BCUT2D eigenvalue weighted by molar-refractivity contribution is 9.10. The van der Waals surface area contributed by atoms with Gasteiger partial charge in [0.25, 0.3) is 0 Å². The molecule has 1 unspecified atom stereocenters. The molecule has 0 N–H and O–H groups in total. The van der Waals surface area contributed by atoms with Gasteiger partial charge in [0.15, 0.2) is 0 Å². The summed E-state index contributed by atoms with van der Waals surface area (Å²) < 4.78 is 19.3. The Morgan fingerprint density at radius 3 is 3.06 bits per heavy atom. The van der Waals surface area contributed by atoms with E-state index in [9.17, 15) is 4.39 Å². The maximum absolute atomic E-state index is 13.0. The van der Waals surface area contributed by atoms with Crippen molar-refractivity contribution in [2.75, 3.05) is 19.8 Å². The molecule has 4 heteroatoms. The van der Waals surface area contributed by atoms with Gasteiger partial charge in [-0.2, -0.15) is 0 Å². The molecular weight excluding hydrogens is 285 g/mol. The fourth-order valence-corrected chi connectivity index (χ4v) is 2.62. The van der Waals surface area contributed by atoms with Gasteiger partial charge in [-0.15, -0.1) is 0 Å². The number of ether oxygens (including phenoxy) is 1. The molecule has 17 heavy (non-hydrogen) atoms. The lowest BCUT2D eigenvalue weighted by Gasteiger charge is -2.35. The first-order valence-electron chi connectivity index (χ1n) is 5.96. The lowest BCUT2D eigenvalue weighted by molar-refractivity contribution is -0.0128. The van der Waals surface area contributed by atoms with E-state index < -0.39 is 0 Å². The van der Waals surface area contributed by atoms with Crippen molar-refractivity contribution in [3.05, 3.63) is 34.1 Å². The molecule has 1 fully saturated rings. The zero-order valence-corrected chi connectivity index (χ0v) is 11.5. The van der Waals surface area contributed by atoms with E-state index in [-0.39, 0.29) is 5.82 Å². The van der Waals surface area contributed by atoms with Crippen molar-refractivity contribution in [3.8, 4) is 0 Å². The predicted molar refractivity (Wildman–Crippen MR) is 69.4 cm³/mol. The summed E-state index contributed by atoms with van der Waals surface area (Å²) in [5.74, 6) is -0.199. The molecule has 0 spiro atoms. The number of hydrogen-bond donors (Lipinski definition) is 0. The zero-order valence-electron chi connectivity index (χ0n) is 9.96. The average Bonchev–Trinajstić information content (AvgIpc) is 2.33. The lowest BCUT2D eigenvalue weighted by atomic mass is 10.1. The molecule has 2 rings (SSSR count). The van der Waals surface area contributed by atoms with Gasteiger partial charge in [0.2, 0.25) is 0 Å². The van der Waals surface area contributed by atoms with Crippen LogP contribution in [-0.4, -0.2) is 30.7 Å². The fourth-order valence-electron chi connectivity index (χ4n) is 2.14. The summed E-state index contributed by atoms with van der Waals surface area (Å²) >= 11 is 3.42. The third kappa shape index (κ3) is 3.27. The van der Waals surface area contributed by atoms with Crippen LogP contribution in [-0.2, 0) is 11.3 Å². The minimum atomic E-state index is -0.199. The van der Waals surface area contributed by atoms with Crippen LogP contribution in [0.2, 0.25) is 0 Å². The maximum Gasteiger partial charge on any atom is 0.124 e. The number of rotatable bonds is 3. The molecule has 1 aliphatic rings. The molecule has 1 aromatic rings. The third-order valence-electron chi connectivity index (χ3n) is 3.21. The molecule has 0 saturated carbocycles. The fraction of sp³-hybridized carbons (Fsp3) is 0.538. The molecule has 0 amide bonds. The summed E-state index contributed by atoms with van der Waals surface area (Å²) in [5, 5.41) is 0. The topological polar surface area (TPSA) is 12.5 Å². The molecule has 1 atom stereocenters. The first-order valence-corrected chi connectivity index (χ1v) is 6.75. The van der Waals surface area contributed by atoms with Crippen molar-refractivity contribution >= 4 is 15.9 Å². The van der Waals surface area contributed by atoms with Crippen LogP contribution in [0, 0.1) is 5.82 Å². The number of nitrogens with zero attached hydrogens (tertiary/aromatic N) is 1. The van der Waals surface area contributed by atoms with Gasteiger partial charge in [-0.1, -0.05) is 28.9 Å². The Morgan fingerprint density at radius 2 is 2.35 bits per heavy atom. The van der Waals surface area contributed by atoms with Gasteiger partial charge in [0.05, 0.1) is 13.2 Å². The van der Waals surface area contributed by atoms with Gasteiger partial charge in [0, 0.05) is 23.6 Å². The Kier molecular flexibility index (Phi) is 4.54. The van der Waals surface area contributed by atoms with E-state index in [0.29, 0.717) is 6.04 Å². The predicted octanol–water partition coefficient (Wildman–Crippen LogP) is 3.20. The van der Waals surface area contributed by atoms with E-state index in [2.05, 4.69) is 27.8 Å².